The number of hydrogen-bond donors (Lipinski definition) is 3. The Morgan fingerprint density at radius 3 is 2.65 bits per heavy atom. The fourth-order valence-electron chi connectivity index (χ4n) is 4.05. The van der Waals surface area contributed by atoms with Gasteiger partial charge in [-0.05, 0) is 6.92 Å². The fraction of sp³-hybridized carbons (Fsp3) is 0.556. The number of hydrogen-bond acceptors (Lipinski definition) is 14. The number of imidazole rings is 2. The number of rotatable bonds is 11. The maximum atomic E-state index is 12.5. The van der Waals surface area contributed by atoms with Crippen LogP contribution in [-0.4, -0.2) is 73.7 Å². The summed E-state index contributed by atoms with van der Waals surface area (Å²) in [6, 6.07) is 0. The number of nitrogens with two attached hydrogens (primary N) is 1. The van der Waals surface area contributed by atoms with Gasteiger partial charge in [0.15, 0.2) is 6.33 Å². The van der Waals surface area contributed by atoms with Gasteiger partial charge in [-0.2, -0.15) is 0 Å². The number of nitrogens with zero attached hydrogens (tertiary/aromatic N) is 5. The molecule has 40 heavy (non-hydrogen) atoms. The Labute approximate surface area is 271 Å². The smallest absolute Gasteiger partial charge is 0.761 e. The molecule has 0 saturated carbocycles. The summed E-state index contributed by atoms with van der Waals surface area (Å²) in [5, 5.41) is 11.1. The van der Waals surface area contributed by atoms with Crippen LogP contribution < -0.4 is 84.8 Å². The van der Waals surface area contributed by atoms with E-state index < -0.39 is 51.8 Å². The summed E-state index contributed by atoms with van der Waals surface area (Å²) in [6.45, 7) is 1.39. The average molecular weight is 624 g/mol. The van der Waals surface area contributed by atoms with Crippen LogP contribution in [0.25, 0.3) is 11.2 Å². The molecule has 18 nitrogen and oxygen atoms in total. The molecule has 4 rings (SSSR count). The van der Waals surface area contributed by atoms with Crippen molar-refractivity contribution in [2.75, 3.05) is 26.1 Å². The van der Waals surface area contributed by atoms with Gasteiger partial charge < -0.3 is 39.4 Å². The van der Waals surface area contributed by atoms with Gasteiger partial charge in [-0.1, -0.05) is 4.98 Å². The molecule has 210 valence electrons. The number of nitrogen functional groups attached to an aromatic ring is 1. The Hall–Kier alpha value is -0.500. The summed E-state index contributed by atoms with van der Waals surface area (Å²) in [5.41, 5.74) is 5.36. The van der Waals surface area contributed by atoms with E-state index in [4.69, 9.17) is 24.5 Å². The Kier molecular flexibility index (Phi) is 12.8. The monoisotopic (exact) mass is 624 g/mol. The molecule has 1 aliphatic rings. The molecule has 0 aliphatic carbocycles. The number of H-pyrrole nitrogens is 1. The number of aliphatic hydroxyl groups excluding tert-OH is 1. The number of aromatic amines is 1. The number of nitrogens with one attached hydrogen (secondary N) is 1. The summed E-state index contributed by atoms with van der Waals surface area (Å²) in [5.74, 6) is -0.180. The zero-order valence-corrected chi connectivity index (χ0v) is 28.1. The van der Waals surface area contributed by atoms with E-state index in [1.54, 1.807) is 7.05 Å². The van der Waals surface area contributed by atoms with Crippen LogP contribution in [0.4, 0.5) is 5.95 Å². The van der Waals surface area contributed by atoms with E-state index in [1.165, 1.54) is 29.5 Å². The summed E-state index contributed by atoms with van der Waals surface area (Å²) >= 11 is 0. The van der Waals surface area contributed by atoms with Gasteiger partial charge in [-0.3, -0.25) is 32.1 Å². The quantitative estimate of drug-likeness (QED) is 0.0777. The molecule has 0 radical (unpaired) electrons. The number of methoxy groups -OCH3 is 1. The maximum absolute atomic E-state index is 12.5. The molecule has 0 amide bonds. The van der Waals surface area contributed by atoms with E-state index in [0.29, 0.717) is 4.34 Å². The van der Waals surface area contributed by atoms with Gasteiger partial charge in [0.05, 0.1) is 26.4 Å². The topological polar surface area (TPSA) is 245 Å². The van der Waals surface area contributed by atoms with Crippen molar-refractivity contribution in [2.45, 2.75) is 37.6 Å². The molecule has 4 heterocycles. The molecule has 1 saturated heterocycles. The number of phosphoric acid groups is 1. The Morgan fingerprint density at radius 2 is 2.02 bits per heavy atom. The van der Waals surface area contributed by atoms with E-state index in [0.717, 1.165) is 18.7 Å². The predicted octanol–water partition coefficient (Wildman–Crippen LogP) is -8.47. The maximum Gasteiger partial charge on any atom is 1.00 e. The normalized spacial score (nSPS) is 24.6. The molecule has 0 aromatic carbocycles. The minimum Gasteiger partial charge on any atom is -0.761 e. The second-order valence-electron chi connectivity index (χ2n) is 8.32. The molecule has 4 N–H and O–H groups in total. The SMILES string of the molecule is COCCO[C@@H]1C(O)[C@H]([n+]2cn(C)c3c(=O)[nH]c(N)nc32)O[C@@H]1[C@@H](C)OP(=O)([O-])OP(=O)([O-])n1ccnc1.[Na+].[Na+]. The molecule has 0 spiro atoms. The Morgan fingerprint density at radius 1 is 1.32 bits per heavy atom. The van der Waals surface area contributed by atoms with Gasteiger partial charge >= 0.3 is 64.8 Å². The van der Waals surface area contributed by atoms with Crippen molar-refractivity contribution in [3.05, 3.63) is 35.4 Å². The number of aliphatic hydroxyl groups is 1. The zero-order valence-electron chi connectivity index (χ0n) is 22.3. The zero-order chi connectivity index (χ0) is 27.8. The van der Waals surface area contributed by atoms with Crippen molar-refractivity contribution < 1.29 is 111 Å². The molecule has 0 bridgehead atoms. The van der Waals surface area contributed by atoms with Gasteiger partial charge in [0.2, 0.25) is 19.5 Å². The average Bonchev–Trinajstić information content (AvgIpc) is 3.52. The van der Waals surface area contributed by atoms with Crippen LogP contribution in [0.5, 0.6) is 0 Å². The van der Waals surface area contributed by atoms with Gasteiger partial charge in [-0.15, -0.1) is 0 Å². The molecule has 22 heteroatoms. The molecule has 7 atom stereocenters. The first kappa shape index (κ1) is 35.7. The number of fused-ring (bicyclic) bond motifs is 1. The first-order valence-corrected chi connectivity index (χ1v) is 14.0. The third-order valence-electron chi connectivity index (χ3n) is 5.65. The number of phosphoric ester groups is 1. The molecule has 3 aromatic heterocycles. The van der Waals surface area contributed by atoms with Crippen molar-refractivity contribution in [1.82, 2.24) is 23.9 Å². The predicted molar refractivity (Wildman–Crippen MR) is 122 cm³/mol. The van der Waals surface area contributed by atoms with Crippen molar-refractivity contribution in [2.24, 2.45) is 7.05 Å². The first-order valence-electron chi connectivity index (χ1n) is 11.1. The van der Waals surface area contributed by atoms with Crippen LogP contribution in [0.1, 0.15) is 13.2 Å². The van der Waals surface area contributed by atoms with Gasteiger partial charge in [0.25, 0.3) is 19.3 Å². The number of ether oxygens (including phenoxy) is 3. The molecule has 1 fully saturated rings. The van der Waals surface area contributed by atoms with Crippen LogP contribution in [0.3, 0.4) is 0 Å². The van der Waals surface area contributed by atoms with E-state index >= 15 is 0 Å². The first-order chi connectivity index (χ1) is 17.8. The second kappa shape index (κ2) is 14.3. The van der Waals surface area contributed by atoms with Crippen LogP contribution in [-0.2, 0) is 39.2 Å². The van der Waals surface area contributed by atoms with E-state index in [2.05, 4.69) is 19.3 Å². The Balaban J connectivity index is 0.00000280. The van der Waals surface area contributed by atoms with E-state index in [-0.39, 0.29) is 89.4 Å². The van der Waals surface area contributed by atoms with Crippen molar-refractivity contribution in [3.63, 3.8) is 0 Å². The minimum absolute atomic E-state index is 0. The molecule has 1 aliphatic heterocycles. The van der Waals surface area contributed by atoms with E-state index in [9.17, 15) is 28.8 Å². The van der Waals surface area contributed by atoms with Crippen LogP contribution in [0, 0.1) is 0 Å². The third kappa shape index (κ3) is 7.71. The number of aryl methyl sites for hydroxylation is 1. The van der Waals surface area contributed by atoms with Gasteiger partial charge in [-0.25, -0.2) is 9.55 Å². The second-order valence-corrected chi connectivity index (χ2v) is 11.5. The van der Waals surface area contributed by atoms with E-state index in [1.807, 2.05) is 0 Å². The summed E-state index contributed by atoms with van der Waals surface area (Å²) < 4.78 is 53.9. The van der Waals surface area contributed by atoms with Crippen molar-refractivity contribution in [3.8, 4) is 0 Å². The van der Waals surface area contributed by atoms with Gasteiger partial charge in [0, 0.05) is 19.5 Å². The molecular formula is C18H26N7Na2O11P2+. The standard InChI is InChI=1S/C18H27N7O11P2.2Na/c1-10(35-38(30,31)36-37(28,29)24-5-4-20-8-24)13-14(33-7-6-32-3)12(26)17(34-13)25-9-23(2)11-15(25)21-18(19)22-16(11)27;;/h4-5,8-10,12-14,17,26H,6-7H2,1-3H3,(H4-,19,21,22,27,28,29,30,31);;/q;2*+1/p-1/t10-,12?,13-,14-,17-;;/m1../s1. The third-order valence-corrected chi connectivity index (χ3v) is 8.66. The van der Waals surface area contributed by atoms with Crippen molar-refractivity contribution in [1.29, 1.82) is 0 Å². The molecular weight excluding hydrogens is 598 g/mol. The minimum atomic E-state index is -5.48. The largest absolute Gasteiger partial charge is 1.00 e. The summed E-state index contributed by atoms with van der Waals surface area (Å²) in [4.78, 5) is 47.2. The number of aromatic nitrogens is 6. The summed E-state index contributed by atoms with van der Waals surface area (Å²) in [7, 11) is -7.63. The van der Waals surface area contributed by atoms with Gasteiger partial charge in [0.1, 0.15) is 24.6 Å². The molecule has 3 aromatic rings. The summed E-state index contributed by atoms with van der Waals surface area (Å²) in [6.07, 6.45) is -2.16. The molecule has 3 unspecified atom stereocenters. The van der Waals surface area contributed by atoms with Crippen LogP contribution in [0.2, 0.25) is 0 Å². The fourth-order valence-corrected chi connectivity index (χ4v) is 6.49. The Bertz CT molecular complexity index is 1440. The van der Waals surface area contributed by atoms with Crippen molar-refractivity contribution >= 4 is 32.7 Å². The number of anilines is 1. The van der Waals surface area contributed by atoms with Crippen LogP contribution in [0.15, 0.2) is 29.8 Å². The van der Waals surface area contributed by atoms with Crippen LogP contribution >= 0.6 is 15.6 Å².